The van der Waals surface area contributed by atoms with Gasteiger partial charge in [-0.25, -0.2) is 9.97 Å². The molecule has 0 amide bonds. The highest BCUT2D eigenvalue weighted by Gasteiger charge is 2.12. The van der Waals surface area contributed by atoms with Crippen LogP contribution in [-0.2, 0) is 0 Å². The van der Waals surface area contributed by atoms with Gasteiger partial charge in [0.2, 0.25) is 0 Å². The molecule has 0 bridgehead atoms. The molecular formula is C11H13ClN4S. The summed E-state index contributed by atoms with van der Waals surface area (Å²) in [4.78, 5) is 10.4. The first-order valence-electron chi connectivity index (χ1n) is 5.16. The first-order valence-corrected chi connectivity index (χ1v) is 6.36. The molecule has 0 aromatic carbocycles. The summed E-state index contributed by atoms with van der Waals surface area (Å²) in [5, 5.41) is 3.60. The maximum Gasteiger partial charge on any atom is 0.150 e. The highest BCUT2D eigenvalue weighted by atomic mass is 35.5. The minimum absolute atomic E-state index is 0.139. The van der Waals surface area contributed by atoms with Gasteiger partial charge in [0.1, 0.15) is 17.2 Å². The van der Waals surface area contributed by atoms with E-state index in [0.717, 1.165) is 0 Å². The van der Waals surface area contributed by atoms with E-state index in [4.69, 9.17) is 17.3 Å². The smallest absolute Gasteiger partial charge is 0.150 e. The molecule has 4 nitrogen and oxygen atoms in total. The maximum atomic E-state index is 6.02. The van der Waals surface area contributed by atoms with Crippen molar-refractivity contribution in [2.75, 3.05) is 11.1 Å². The van der Waals surface area contributed by atoms with Gasteiger partial charge >= 0.3 is 0 Å². The Balaban J connectivity index is 2.18. The maximum absolute atomic E-state index is 6.02. The lowest BCUT2D eigenvalue weighted by Crippen LogP contribution is -2.08. The average Bonchev–Trinajstić information content (AvgIpc) is 2.72. The molecule has 17 heavy (non-hydrogen) atoms. The summed E-state index contributed by atoms with van der Waals surface area (Å²) < 4.78 is 0. The zero-order chi connectivity index (χ0) is 12.4. The van der Waals surface area contributed by atoms with Crippen molar-refractivity contribution in [3.8, 4) is 0 Å². The molecule has 0 saturated carbocycles. The summed E-state index contributed by atoms with van der Waals surface area (Å²) in [6.07, 6.45) is 1.40. The van der Waals surface area contributed by atoms with Crippen LogP contribution in [0.25, 0.3) is 0 Å². The second kappa shape index (κ2) is 4.89. The van der Waals surface area contributed by atoms with Crippen LogP contribution in [0.5, 0.6) is 0 Å². The molecule has 2 aromatic heterocycles. The molecule has 1 unspecified atom stereocenters. The van der Waals surface area contributed by atoms with E-state index in [1.54, 1.807) is 11.3 Å². The number of nitrogens with one attached hydrogen (secondary N) is 1. The molecule has 2 aromatic rings. The fraction of sp³-hybridized carbons (Fsp3) is 0.273. The van der Waals surface area contributed by atoms with E-state index >= 15 is 0 Å². The Hall–Kier alpha value is -1.33. The third-order valence-corrected chi connectivity index (χ3v) is 3.91. The molecule has 0 aliphatic rings. The lowest BCUT2D eigenvalue weighted by molar-refractivity contribution is 0.894. The number of hydrogen-bond donors (Lipinski definition) is 2. The highest BCUT2D eigenvalue weighted by Crippen LogP contribution is 2.29. The topological polar surface area (TPSA) is 63.8 Å². The lowest BCUT2D eigenvalue weighted by atomic mass is 10.2. The van der Waals surface area contributed by atoms with Crippen molar-refractivity contribution in [2.45, 2.75) is 19.9 Å². The fourth-order valence-electron chi connectivity index (χ4n) is 1.45. The molecule has 0 aliphatic carbocycles. The Morgan fingerprint density at radius 2 is 2.18 bits per heavy atom. The predicted molar refractivity (Wildman–Crippen MR) is 72.5 cm³/mol. The summed E-state index contributed by atoms with van der Waals surface area (Å²) in [6.45, 7) is 4.14. The van der Waals surface area contributed by atoms with Crippen molar-refractivity contribution in [1.82, 2.24) is 9.97 Å². The van der Waals surface area contributed by atoms with Crippen molar-refractivity contribution in [3.05, 3.63) is 33.2 Å². The van der Waals surface area contributed by atoms with Crippen LogP contribution in [0.1, 0.15) is 22.7 Å². The van der Waals surface area contributed by atoms with Gasteiger partial charge in [-0.3, -0.25) is 0 Å². The number of anilines is 2. The zero-order valence-corrected chi connectivity index (χ0v) is 11.1. The number of rotatable bonds is 3. The van der Waals surface area contributed by atoms with Crippen molar-refractivity contribution in [2.24, 2.45) is 0 Å². The van der Waals surface area contributed by atoms with E-state index in [9.17, 15) is 0 Å². The fourth-order valence-corrected chi connectivity index (χ4v) is 2.48. The SMILES string of the molecule is Cc1ccc(C(C)Nc2ncnc(N)c2Cl)s1. The van der Waals surface area contributed by atoms with Crippen LogP contribution in [0.3, 0.4) is 0 Å². The Kier molecular flexibility index (Phi) is 3.49. The second-order valence-corrected chi connectivity index (χ2v) is 5.43. The van der Waals surface area contributed by atoms with E-state index in [-0.39, 0.29) is 6.04 Å². The molecule has 0 radical (unpaired) electrons. The van der Waals surface area contributed by atoms with Gasteiger partial charge in [0.05, 0.1) is 6.04 Å². The number of hydrogen-bond acceptors (Lipinski definition) is 5. The average molecular weight is 269 g/mol. The molecule has 0 aliphatic heterocycles. The minimum Gasteiger partial charge on any atom is -0.382 e. The van der Waals surface area contributed by atoms with Gasteiger partial charge in [-0.1, -0.05) is 11.6 Å². The number of halogens is 1. The van der Waals surface area contributed by atoms with Crippen LogP contribution in [-0.4, -0.2) is 9.97 Å². The molecular weight excluding hydrogens is 256 g/mol. The molecule has 6 heteroatoms. The van der Waals surface area contributed by atoms with Crippen molar-refractivity contribution in [1.29, 1.82) is 0 Å². The van der Waals surface area contributed by atoms with E-state index in [1.807, 2.05) is 0 Å². The second-order valence-electron chi connectivity index (χ2n) is 3.74. The third-order valence-electron chi connectivity index (χ3n) is 2.36. The standard InChI is InChI=1S/C11H13ClN4S/c1-6-3-4-8(17-6)7(2)16-11-9(12)10(13)14-5-15-11/h3-5,7H,1-2H3,(H3,13,14,15,16). The number of nitrogens with two attached hydrogens (primary N) is 1. The minimum atomic E-state index is 0.139. The molecule has 90 valence electrons. The zero-order valence-electron chi connectivity index (χ0n) is 9.57. The first kappa shape index (κ1) is 12.1. The Bertz CT molecular complexity index is 526. The van der Waals surface area contributed by atoms with Gasteiger partial charge < -0.3 is 11.1 Å². The number of aromatic nitrogens is 2. The van der Waals surface area contributed by atoms with Crippen LogP contribution in [0, 0.1) is 6.92 Å². The summed E-state index contributed by atoms with van der Waals surface area (Å²) in [5.41, 5.74) is 5.62. The van der Waals surface area contributed by atoms with Gasteiger partial charge in [-0.15, -0.1) is 11.3 Å². The summed E-state index contributed by atoms with van der Waals surface area (Å²) >= 11 is 7.77. The lowest BCUT2D eigenvalue weighted by Gasteiger charge is -2.14. The molecule has 3 N–H and O–H groups in total. The Morgan fingerprint density at radius 1 is 1.41 bits per heavy atom. The number of nitrogen functional groups attached to an aromatic ring is 1. The van der Waals surface area contributed by atoms with Crippen LogP contribution < -0.4 is 11.1 Å². The van der Waals surface area contributed by atoms with Crippen molar-refractivity contribution >= 4 is 34.6 Å². The van der Waals surface area contributed by atoms with Crippen molar-refractivity contribution < 1.29 is 0 Å². The largest absolute Gasteiger partial charge is 0.382 e. The van der Waals surface area contributed by atoms with Gasteiger partial charge in [-0.2, -0.15) is 0 Å². The normalized spacial score (nSPS) is 12.4. The number of aryl methyl sites for hydroxylation is 1. The summed E-state index contributed by atoms with van der Waals surface area (Å²) in [6, 6.07) is 4.32. The molecule has 2 heterocycles. The third kappa shape index (κ3) is 2.68. The Morgan fingerprint density at radius 3 is 2.82 bits per heavy atom. The molecule has 0 fully saturated rings. The van der Waals surface area contributed by atoms with E-state index < -0.39 is 0 Å². The molecule has 2 rings (SSSR count). The molecule has 1 atom stereocenters. The highest BCUT2D eigenvalue weighted by molar-refractivity contribution is 7.12. The van der Waals surface area contributed by atoms with Gasteiger partial charge in [0.25, 0.3) is 0 Å². The van der Waals surface area contributed by atoms with Crippen LogP contribution >= 0.6 is 22.9 Å². The van der Waals surface area contributed by atoms with E-state index in [1.165, 1.54) is 16.1 Å². The number of thiophene rings is 1. The van der Waals surface area contributed by atoms with E-state index in [0.29, 0.717) is 16.7 Å². The van der Waals surface area contributed by atoms with Crippen LogP contribution in [0.15, 0.2) is 18.5 Å². The van der Waals surface area contributed by atoms with Crippen molar-refractivity contribution in [3.63, 3.8) is 0 Å². The molecule has 0 spiro atoms. The van der Waals surface area contributed by atoms with Gasteiger partial charge in [0.15, 0.2) is 5.82 Å². The van der Waals surface area contributed by atoms with E-state index in [2.05, 4.69) is 41.3 Å². The quantitative estimate of drug-likeness (QED) is 0.897. The van der Waals surface area contributed by atoms with Gasteiger partial charge in [-0.05, 0) is 26.0 Å². The first-order chi connectivity index (χ1) is 8.08. The summed E-state index contributed by atoms with van der Waals surface area (Å²) in [5.74, 6) is 0.858. The van der Waals surface area contributed by atoms with Crippen LogP contribution in [0.4, 0.5) is 11.6 Å². The predicted octanol–water partition coefficient (Wildman–Crippen LogP) is 3.26. The Labute approximate surface area is 109 Å². The monoisotopic (exact) mass is 268 g/mol. The number of nitrogens with zero attached hydrogens (tertiary/aromatic N) is 2. The van der Waals surface area contributed by atoms with Gasteiger partial charge in [0, 0.05) is 9.75 Å². The summed E-state index contributed by atoms with van der Waals surface area (Å²) in [7, 11) is 0. The van der Waals surface area contributed by atoms with Crippen LogP contribution in [0.2, 0.25) is 5.02 Å². The molecule has 0 saturated heterocycles.